The first-order chi connectivity index (χ1) is 7.65. The van der Waals surface area contributed by atoms with Crippen molar-refractivity contribution in [1.29, 1.82) is 0 Å². The average molecular weight is 223 g/mol. The molecule has 0 saturated carbocycles. The summed E-state index contributed by atoms with van der Waals surface area (Å²) < 4.78 is 12.8. The van der Waals surface area contributed by atoms with Gasteiger partial charge in [0, 0.05) is 5.69 Å². The quantitative estimate of drug-likeness (QED) is 0.668. The van der Waals surface area contributed by atoms with E-state index in [9.17, 15) is 14.0 Å². The van der Waals surface area contributed by atoms with E-state index in [1.807, 2.05) is 0 Å². The zero-order chi connectivity index (χ0) is 11.5. The van der Waals surface area contributed by atoms with Crippen molar-refractivity contribution in [3.8, 4) is 0 Å². The molecule has 2 rings (SSSR count). The highest BCUT2D eigenvalue weighted by molar-refractivity contribution is 5.98. The van der Waals surface area contributed by atoms with E-state index in [0.717, 1.165) is 0 Å². The van der Waals surface area contributed by atoms with Gasteiger partial charge in [-0.15, -0.1) is 0 Å². The summed E-state index contributed by atoms with van der Waals surface area (Å²) in [7, 11) is 0. The number of carbonyl (C=O) groups excluding carboxylic acids is 2. The molecule has 16 heavy (non-hydrogen) atoms. The molecule has 1 atom stereocenters. The third kappa shape index (κ3) is 2.34. The van der Waals surface area contributed by atoms with Crippen LogP contribution < -0.4 is 16.2 Å². The van der Waals surface area contributed by atoms with Crippen molar-refractivity contribution in [3.63, 3.8) is 0 Å². The summed E-state index contributed by atoms with van der Waals surface area (Å²) in [6.07, 6.45) is 0.0845. The predicted molar refractivity (Wildman–Crippen MR) is 54.7 cm³/mol. The van der Waals surface area contributed by atoms with Crippen LogP contribution in [0.2, 0.25) is 0 Å². The van der Waals surface area contributed by atoms with Crippen molar-refractivity contribution in [2.45, 2.75) is 12.5 Å². The first-order valence-electron chi connectivity index (χ1n) is 4.76. The average Bonchev–Trinajstić information content (AvgIpc) is 2.65. The summed E-state index contributed by atoms with van der Waals surface area (Å²) >= 11 is 0. The molecule has 1 saturated heterocycles. The molecule has 1 aromatic carbocycles. The SMILES string of the molecule is O=C1CC(C(=O)Nc2cccc(F)c2)NN1. The van der Waals surface area contributed by atoms with Gasteiger partial charge < -0.3 is 5.32 Å². The molecule has 0 radical (unpaired) electrons. The zero-order valence-electron chi connectivity index (χ0n) is 8.29. The van der Waals surface area contributed by atoms with E-state index in [-0.39, 0.29) is 18.2 Å². The number of hydrazine groups is 1. The molecular weight excluding hydrogens is 213 g/mol. The first-order valence-corrected chi connectivity index (χ1v) is 4.76. The van der Waals surface area contributed by atoms with Gasteiger partial charge in [0.05, 0.1) is 6.42 Å². The highest BCUT2D eigenvalue weighted by Crippen LogP contribution is 2.10. The molecule has 1 aromatic rings. The Morgan fingerprint density at radius 1 is 1.50 bits per heavy atom. The zero-order valence-corrected chi connectivity index (χ0v) is 8.29. The first kappa shape index (κ1) is 10.6. The minimum Gasteiger partial charge on any atom is -0.325 e. The van der Waals surface area contributed by atoms with Crippen LogP contribution in [0.25, 0.3) is 0 Å². The number of hydrogen-bond acceptors (Lipinski definition) is 3. The third-order valence-electron chi connectivity index (χ3n) is 2.18. The number of nitrogens with one attached hydrogen (secondary N) is 3. The lowest BCUT2D eigenvalue weighted by molar-refractivity contribution is -0.121. The van der Waals surface area contributed by atoms with Crippen molar-refractivity contribution in [2.24, 2.45) is 0 Å². The van der Waals surface area contributed by atoms with Gasteiger partial charge in [0.2, 0.25) is 11.8 Å². The molecule has 1 fully saturated rings. The van der Waals surface area contributed by atoms with E-state index in [1.165, 1.54) is 18.2 Å². The Hall–Kier alpha value is -1.95. The van der Waals surface area contributed by atoms with Crippen LogP contribution in [0.3, 0.4) is 0 Å². The molecule has 5 nitrogen and oxygen atoms in total. The Morgan fingerprint density at radius 3 is 2.94 bits per heavy atom. The second-order valence-electron chi connectivity index (χ2n) is 3.45. The van der Waals surface area contributed by atoms with Gasteiger partial charge >= 0.3 is 0 Å². The lowest BCUT2D eigenvalue weighted by Gasteiger charge is -2.09. The minimum absolute atomic E-state index is 0.0845. The van der Waals surface area contributed by atoms with E-state index in [2.05, 4.69) is 16.2 Å². The van der Waals surface area contributed by atoms with Gasteiger partial charge in [0.25, 0.3) is 0 Å². The Balaban J connectivity index is 1.99. The van der Waals surface area contributed by atoms with Crippen LogP contribution in [0, 0.1) is 5.82 Å². The van der Waals surface area contributed by atoms with Gasteiger partial charge in [0.1, 0.15) is 11.9 Å². The molecule has 3 N–H and O–H groups in total. The highest BCUT2D eigenvalue weighted by atomic mass is 19.1. The molecule has 1 unspecified atom stereocenters. The molecule has 0 spiro atoms. The molecule has 0 bridgehead atoms. The van der Waals surface area contributed by atoms with Crippen molar-refractivity contribution in [2.75, 3.05) is 5.32 Å². The Morgan fingerprint density at radius 2 is 2.31 bits per heavy atom. The lowest BCUT2D eigenvalue weighted by atomic mass is 10.2. The van der Waals surface area contributed by atoms with Crippen LogP contribution in [-0.2, 0) is 9.59 Å². The van der Waals surface area contributed by atoms with Crippen LogP contribution in [0.4, 0.5) is 10.1 Å². The Labute approximate surface area is 91.0 Å². The van der Waals surface area contributed by atoms with Crippen molar-refractivity contribution in [3.05, 3.63) is 30.1 Å². The Kier molecular flexibility index (Phi) is 2.82. The van der Waals surface area contributed by atoms with Crippen molar-refractivity contribution in [1.82, 2.24) is 10.9 Å². The normalized spacial score (nSPS) is 19.3. The van der Waals surface area contributed by atoms with Gasteiger partial charge in [-0.1, -0.05) is 6.07 Å². The van der Waals surface area contributed by atoms with E-state index in [0.29, 0.717) is 5.69 Å². The molecule has 6 heteroatoms. The van der Waals surface area contributed by atoms with Gasteiger partial charge in [-0.2, -0.15) is 0 Å². The molecular formula is C10H10FN3O2. The maximum atomic E-state index is 12.8. The van der Waals surface area contributed by atoms with E-state index in [4.69, 9.17) is 0 Å². The van der Waals surface area contributed by atoms with Crippen LogP contribution in [0.15, 0.2) is 24.3 Å². The lowest BCUT2D eigenvalue weighted by Crippen LogP contribution is -2.39. The highest BCUT2D eigenvalue weighted by Gasteiger charge is 2.27. The molecule has 1 aliphatic heterocycles. The van der Waals surface area contributed by atoms with Crippen molar-refractivity contribution >= 4 is 17.5 Å². The number of anilines is 1. The number of hydrogen-bond donors (Lipinski definition) is 3. The van der Waals surface area contributed by atoms with Gasteiger partial charge in [-0.05, 0) is 18.2 Å². The Bertz CT molecular complexity index is 436. The van der Waals surface area contributed by atoms with E-state index < -0.39 is 11.9 Å². The third-order valence-corrected chi connectivity index (χ3v) is 2.18. The van der Waals surface area contributed by atoms with E-state index >= 15 is 0 Å². The fourth-order valence-electron chi connectivity index (χ4n) is 1.41. The summed E-state index contributed by atoms with van der Waals surface area (Å²) in [4.78, 5) is 22.4. The summed E-state index contributed by atoms with van der Waals surface area (Å²) in [5.74, 6) is -1.03. The van der Waals surface area contributed by atoms with Gasteiger partial charge in [-0.25, -0.2) is 9.82 Å². The summed E-state index contributed by atoms with van der Waals surface area (Å²) in [5, 5.41) is 2.51. The fraction of sp³-hybridized carbons (Fsp3) is 0.200. The monoisotopic (exact) mass is 223 g/mol. The maximum Gasteiger partial charge on any atom is 0.243 e. The number of rotatable bonds is 2. The smallest absolute Gasteiger partial charge is 0.243 e. The number of carbonyl (C=O) groups is 2. The molecule has 1 heterocycles. The predicted octanol–water partition coefficient (Wildman–Crippen LogP) is 0.157. The van der Waals surface area contributed by atoms with Gasteiger partial charge in [-0.3, -0.25) is 15.0 Å². The fourth-order valence-corrected chi connectivity index (χ4v) is 1.41. The molecule has 84 valence electrons. The molecule has 0 aliphatic carbocycles. The largest absolute Gasteiger partial charge is 0.325 e. The van der Waals surface area contributed by atoms with Crippen LogP contribution >= 0.6 is 0 Å². The molecule has 2 amide bonds. The second kappa shape index (κ2) is 4.28. The molecule has 0 aromatic heterocycles. The number of amides is 2. The summed E-state index contributed by atoms with van der Waals surface area (Å²) in [5.41, 5.74) is 5.23. The van der Waals surface area contributed by atoms with E-state index in [1.54, 1.807) is 6.07 Å². The van der Waals surface area contributed by atoms with Crippen LogP contribution in [-0.4, -0.2) is 17.9 Å². The summed E-state index contributed by atoms with van der Waals surface area (Å²) in [6.45, 7) is 0. The number of halogens is 1. The van der Waals surface area contributed by atoms with Crippen molar-refractivity contribution < 1.29 is 14.0 Å². The summed E-state index contributed by atoms with van der Waals surface area (Å²) in [6, 6.07) is 4.95. The number of benzene rings is 1. The standard InChI is InChI=1S/C10H10FN3O2/c11-6-2-1-3-7(4-6)12-10(16)8-5-9(15)14-13-8/h1-4,8,13H,5H2,(H,12,16)(H,14,15). The van der Waals surface area contributed by atoms with Crippen LogP contribution in [0.5, 0.6) is 0 Å². The van der Waals surface area contributed by atoms with Crippen LogP contribution in [0.1, 0.15) is 6.42 Å². The molecule has 1 aliphatic rings. The minimum atomic E-state index is -0.615. The van der Waals surface area contributed by atoms with Gasteiger partial charge in [0.15, 0.2) is 0 Å². The maximum absolute atomic E-state index is 12.8. The second-order valence-corrected chi connectivity index (χ2v) is 3.45. The topological polar surface area (TPSA) is 70.2 Å².